The summed E-state index contributed by atoms with van der Waals surface area (Å²) in [5, 5.41) is -0.809. The minimum absolute atomic E-state index is 0.0198. The molecule has 1 aromatic carbocycles. The van der Waals surface area contributed by atoms with Gasteiger partial charge in [0.2, 0.25) is 0 Å². The number of halogens is 4. The molecule has 21 heavy (non-hydrogen) atoms. The number of nitrogens with two attached hydrogens (primary N) is 1. The summed E-state index contributed by atoms with van der Waals surface area (Å²) in [6.07, 6.45) is 0.995. The summed E-state index contributed by atoms with van der Waals surface area (Å²) >= 11 is 17.0. The van der Waals surface area contributed by atoms with E-state index in [1.54, 1.807) is 0 Å². The summed E-state index contributed by atoms with van der Waals surface area (Å²) in [5.41, 5.74) is 5.44. The van der Waals surface area contributed by atoms with Gasteiger partial charge in [0.05, 0.1) is 5.02 Å². The Morgan fingerprint density at radius 1 is 1.19 bits per heavy atom. The lowest BCUT2D eigenvalue weighted by atomic mass is 10.3. The Balaban J connectivity index is 2.51. The summed E-state index contributed by atoms with van der Waals surface area (Å²) in [7, 11) is -4.35. The van der Waals surface area contributed by atoms with Crippen LogP contribution in [0.1, 0.15) is 0 Å². The molecule has 0 atom stereocenters. The molecule has 0 bridgehead atoms. The Morgan fingerprint density at radius 3 is 2.52 bits per heavy atom. The summed E-state index contributed by atoms with van der Waals surface area (Å²) in [6, 6.07) is 2.00. The number of nitrogen functional groups attached to an aromatic ring is 1. The van der Waals surface area contributed by atoms with Crippen molar-refractivity contribution in [2.75, 3.05) is 10.5 Å². The first kappa shape index (κ1) is 16.0. The van der Waals surface area contributed by atoms with E-state index in [1.807, 2.05) is 4.72 Å². The van der Waals surface area contributed by atoms with Crippen molar-refractivity contribution in [2.24, 2.45) is 0 Å². The number of hydrogen-bond donors (Lipinski definition) is 2. The first-order valence-electron chi connectivity index (χ1n) is 5.15. The Bertz CT molecular complexity index is 816. The Morgan fingerprint density at radius 2 is 1.86 bits per heavy atom. The van der Waals surface area contributed by atoms with Crippen LogP contribution in [0.15, 0.2) is 23.4 Å². The number of rotatable bonds is 3. The molecule has 0 aliphatic carbocycles. The molecule has 0 fully saturated rings. The summed E-state index contributed by atoms with van der Waals surface area (Å²) in [6.45, 7) is 0. The predicted molar refractivity (Wildman–Crippen MR) is 78.7 cm³/mol. The van der Waals surface area contributed by atoms with Gasteiger partial charge in [0, 0.05) is 5.69 Å². The number of nitrogens with zero attached hydrogens (tertiary/aromatic N) is 2. The van der Waals surface area contributed by atoms with Crippen molar-refractivity contribution in [2.45, 2.75) is 4.90 Å². The fourth-order valence-corrected chi connectivity index (χ4v) is 3.16. The zero-order chi connectivity index (χ0) is 15.8. The van der Waals surface area contributed by atoms with Crippen LogP contribution in [0.3, 0.4) is 0 Å². The van der Waals surface area contributed by atoms with E-state index in [-0.39, 0.29) is 21.7 Å². The van der Waals surface area contributed by atoms with Gasteiger partial charge in [-0.1, -0.05) is 34.8 Å². The van der Waals surface area contributed by atoms with Crippen LogP contribution < -0.4 is 10.5 Å². The standard InChI is InChI=1S/C10H6Cl3FN4O2S/c11-5-1-4(15)2-6(8(5)14)21(19,20)18-10-7(12)9(13)16-3-17-10/h1-3H,15H2,(H,16,17,18). The highest BCUT2D eigenvalue weighted by Crippen LogP contribution is 2.30. The van der Waals surface area contributed by atoms with Crippen molar-refractivity contribution in [1.29, 1.82) is 0 Å². The molecule has 0 saturated heterocycles. The average Bonchev–Trinajstić information content (AvgIpc) is 2.39. The van der Waals surface area contributed by atoms with Gasteiger partial charge in [-0.3, -0.25) is 4.72 Å². The highest BCUT2D eigenvalue weighted by molar-refractivity contribution is 7.92. The van der Waals surface area contributed by atoms with Crippen LogP contribution in [0.4, 0.5) is 15.9 Å². The van der Waals surface area contributed by atoms with Crippen LogP contribution in [0.25, 0.3) is 0 Å². The van der Waals surface area contributed by atoms with Crippen molar-refractivity contribution < 1.29 is 12.8 Å². The molecule has 0 radical (unpaired) electrons. The topological polar surface area (TPSA) is 98.0 Å². The molecule has 2 aromatic rings. The second-order valence-corrected chi connectivity index (χ2v) is 6.54. The smallest absolute Gasteiger partial charge is 0.266 e. The Kier molecular flexibility index (Phi) is 4.43. The van der Waals surface area contributed by atoms with E-state index in [0.717, 1.165) is 18.5 Å². The average molecular weight is 372 g/mol. The number of benzene rings is 1. The molecule has 0 spiro atoms. The molecule has 3 N–H and O–H groups in total. The maximum Gasteiger partial charge on any atom is 0.266 e. The molecule has 0 unspecified atom stereocenters. The molecule has 11 heteroatoms. The van der Waals surface area contributed by atoms with Gasteiger partial charge < -0.3 is 5.73 Å². The van der Waals surface area contributed by atoms with Gasteiger partial charge in [0.15, 0.2) is 16.8 Å². The van der Waals surface area contributed by atoms with Gasteiger partial charge in [-0.15, -0.1) is 0 Å². The van der Waals surface area contributed by atoms with Crippen molar-refractivity contribution in [3.63, 3.8) is 0 Å². The zero-order valence-corrected chi connectivity index (χ0v) is 13.0. The normalized spacial score (nSPS) is 11.4. The lowest BCUT2D eigenvalue weighted by Crippen LogP contribution is -2.16. The first-order chi connectivity index (χ1) is 9.72. The molecular weight excluding hydrogens is 366 g/mol. The van der Waals surface area contributed by atoms with Crippen LogP contribution >= 0.6 is 34.8 Å². The molecule has 0 aliphatic heterocycles. The molecule has 112 valence electrons. The molecule has 2 rings (SSSR count). The third-order valence-electron chi connectivity index (χ3n) is 2.28. The van der Waals surface area contributed by atoms with E-state index in [2.05, 4.69) is 9.97 Å². The third-order valence-corrected chi connectivity index (χ3v) is 4.64. The molecule has 1 heterocycles. The van der Waals surface area contributed by atoms with E-state index in [9.17, 15) is 12.8 Å². The van der Waals surface area contributed by atoms with Gasteiger partial charge in [-0.05, 0) is 12.1 Å². The monoisotopic (exact) mass is 370 g/mol. The van der Waals surface area contributed by atoms with E-state index in [4.69, 9.17) is 40.5 Å². The van der Waals surface area contributed by atoms with Crippen LogP contribution in [-0.2, 0) is 10.0 Å². The number of nitrogens with one attached hydrogen (secondary N) is 1. The largest absolute Gasteiger partial charge is 0.399 e. The summed E-state index contributed by atoms with van der Waals surface area (Å²) < 4.78 is 40.2. The number of aromatic nitrogens is 2. The third kappa shape index (κ3) is 3.29. The van der Waals surface area contributed by atoms with Gasteiger partial charge >= 0.3 is 0 Å². The molecule has 1 aromatic heterocycles. The van der Waals surface area contributed by atoms with E-state index >= 15 is 0 Å². The van der Waals surface area contributed by atoms with E-state index in [0.29, 0.717) is 0 Å². The summed E-state index contributed by atoms with van der Waals surface area (Å²) in [4.78, 5) is 6.44. The molecule has 6 nitrogen and oxygen atoms in total. The maximum atomic E-state index is 13.9. The fourth-order valence-electron chi connectivity index (χ4n) is 1.38. The minimum atomic E-state index is -4.35. The number of sulfonamides is 1. The highest BCUT2D eigenvalue weighted by Gasteiger charge is 2.24. The minimum Gasteiger partial charge on any atom is -0.399 e. The molecular formula is C10H6Cl3FN4O2S. The quantitative estimate of drug-likeness (QED) is 0.638. The molecule has 0 aliphatic rings. The Labute approximate surface area is 134 Å². The van der Waals surface area contributed by atoms with Crippen LogP contribution in [0.2, 0.25) is 15.2 Å². The van der Waals surface area contributed by atoms with Crippen molar-refractivity contribution in [3.8, 4) is 0 Å². The van der Waals surface area contributed by atoms with Crippen molar-refractivity contribution >= 4 is 56.3 Å². The van der Waals surface area contributed by atoms with Gasteiger partial charge in [-0.25, -0.2) is 22.8 Å². The van der Waals surface area contributed by atoms with Crippen LogP contribution in [0, 0.1) is 5.82 Å². The van der Waals surface area contributed by atoms with Crippen LogP contribution in [-0.4, -0.2) is 18.4 Å². The number of anilines is 2. The highest BCUT2D eigenvalue weighted by atomic mass is 35.5. The van der Waals surface area contributed by atoms with Gasteiger partial charge in [0.1, 0.15) is 16.2 Å². The Hall–Kier alpha value is -1.35. The van der Waals surface area contributed by atoms with E-state index in [1.165, 1.54) is 0 Å². The lowest BCUT2D eigenvalue weighted by Gasteiger charge is -2.11. The maximum absolute atomic E-state index is 13.9. The van der Waals surface area contributed by atoms with Gasteiger partial charge in [-0.2, -0.15) is 0 Å². The second kappa shape index (κ2) is 5.80. The lowest BCUT2D eigenvalue weighted by molar-refractivity contribution is 0.570. The fraction of sp³-hybridized carbons (Fsp3) is 0. The SMILES string of the molecule is Nc1cc(Cl)c(F)c(S(=O)(=O)Nc2ncnc(Cl)c2Cl)c1. The molecule has 0 saturated carbocycles. The predicted octanol–water partition coefficient (Wildman–Crippen LogP) is 2.96. The molecule has 0 amide bonds. The van der Waals surface area contributed by atoms with Crippen molar-refractivity contribution in [3.05, 3.63) is 39.5 Å². The van der Waals surface area contributed by atoms with Crippen molar-refractivity contribution in [1.82, 2.24) is 9.97 Å². The summed E-state index contributed by atoms with van der Waals surface area (Å²) in [5.74, 6) is -1.44. The second-order valence-electron chi connectivity index (χ2n) is 3.75. The van der Waals surface area contributed by atoms with Crippen LogP contribution in [0.5, 0.6) is 0 Å². The van der Waals surface area contributed by atoms with Gasteiger partial charge in [0.25, 0.3) is 10.0 Å². The zero-order valence-electron chi connectivity index (χ0n) is 9.94. The van der Waals surface area contributed by atoms with E-state index < -0.39 is 25.8 Å². The number of hydrogen-bond acceptors (Lipinski definition) is 5. The first-order valence-corrected chi connectivity index (χ1v) is 7.77.